The standard InChI is InChI=1S/C32H28ClF5N8O/c1-30(2,32(36,37)38)16-42-25-17(13-39)14-41-26-22(25)11-18(12-23(26)33)43-27(24-15-46(45-44-24)31(8-9-31)29(34)35)20-5-4-6-21-19(20)7-10-40-28(21)47-3/h4-7,10-12,14-15,27,29,43H,8-9,16H2,1-3H3,(H,41,42)/t27-/m0/s1. The van der Waals surface area contributed by atoms with E-state index in [0.29, 0.717) is 33.6 Å². The number of fused-ring (bicyclic) bond motifs is 2. The van der Waals surface area contributed by atoms with Gasteiger partial charge >= 0.3 is 6.18 Å². The van der Waals surface area contributed by atoms with Crippen molar-refractivity contribution in [2.45, 2.75) is 50.9 Å². The number of hydrogen-bond donors (Lipinski definition) is 2. The Balaban J connectivity index is 1.48. The number of hydrogen-bond acceptors (Lipinski definition) is 8. The van der Waals surface area contributed by atoms with Gasteiger partial charge in [0.05, 0.1) is 46.6 Å². The van der Waals surface area contributed by atoms with E-state index in [-0.39, 0.29) is 34.6 Å². The van der Waals surface area contributed by atoms with Crippen molar-refractivity contribution in [3.63, 3.8) is 0 Å². The van der Waals surface area contributed by atoms with Gasteiger partial charge in [0.2, 0.25) is 5.88 Å². The Morgan fingerprint density at radius 3 is 2.53 bits per heavy atom. The van der Waals surface area contributed by atoms with Crippen molar-refractivity contribution in [3.05, 3.63) is 76.8 Å². The Labute approximate surface area is 270 Å². The van der Waals surface area contributed by atoms with E-state index in [4.69, 9.17) is 16.3 Å². The molecule has 5 aromatic rings. The second-order valence-electron chi connectivity index (χ2n) is 12.1. The van der Waals surface area contributed by atoms with Crippen LogP contribution >= 0.6 is 11.6 Å². The second kappa shape index (κ2) is 11.8. The third kappa shape index (κ3) is 5.73. The first-order valence-electron chi connectivity index (χ1n) is 14.5. The number of nitrogens with one attached hydrogen (secondary N) is 2. The maximum Gasteiger partial charge on any atom is 0.395 e. The molecule has 6 rings (SSSR count). The van der Waals surface area contributed by atoms with Crippen molar-refractivity contribution in [2.75, 3.05) is 24.3 Å². The van der Waals surface area contributed by atoms with E-state index < -0.39 is 36.1 Å². The average Bonchev–Trinajstić information content (AvgIpc) is 3.71. The Bertz CT molecular complexity index is 2020. The Morgan fingerprint density at radius 2 is 1.87 bits per heavy atom. The van der Waals surface area contributed by atoms with Crippen LogP contribution in [0.4, 0.5) is 33.3 Å². The van der Waals surface area contributed by atoms with Crippen LogP contribution < -0.4 is 15.4 Å². The van der Waals surface area contributed by atoms with E-state index in [9.17, 15) is 27.2 Å². The summed E-state index contributed by atoms with van der Waals surface area (Å²) in [4.78, 5) is 8.58. The lowest BCUT2D eigenvalue weighted by molar-refractivity contribution is -0.206. The molecular formula is C32H28ClF5N8O. The summed E-state index contributed by atoms with van der Waals surface area (Å²) in [6.07, 6.45) is -2.30. The zero-order valence-corrected chi connectivity index (χ0v) is 26.1. The van der Waals surface area contributed by atoms with Gasteiger partial charge in [-0.3, -0.25) is 4.98 Å². The molecule has 0 unspecified atom stereocenters. The number of pyridine rings is 2. The molecule has 15 heteroatoms. The minimum absolute atomic E-state index is 0.0264. The van der Waals surface area contributed by atoms with E-state index in [2.05, 4.69) is 30.9 Å². The van der Waals surface area contributed by atoms with Crippen molar-refractivity contribution in [1.82, 2.24) is 25.0 Å². The smallest absolute Gasteiger partial charge is 0.395 e. The lowest BCUT2D eigenvalue weighted by Crippen LogP contribution is -2.38. The number of benzene rings is 2. The number of halogens is 6. The number of ether oxygens (including phenoxy) is 1. The van der Waals surface area contributed by atoms with E-state index >= 15 is 0 Å². The van der Waals surface area contributed by atoms with Crippen LogP contribution in [0.3, 0.4) is 0 Å². The molecule has 3 aromatic heterocycles. The summed E-state index contributed by atoms with van der Waals surface area (Å²) in [6.45, 7) is 1.59. The van der Waals surface area contributed by atoms with E-state index in [1.54, 1.807) is 30.5 Å². The van der Waals surface area contributed by atoms with Crippen LogP contribution in [0.15, 0.2) is 55.0 Å². The van der Waals surface area contributed by atoms with Crippen LogP contribution in [-0.2, 0) is 5.54 Å². The van der Waals surface area contributed by atoms with Gasteiger partial charge in [0.25, 0.3) is 6.43 Å². The molecule has 0 amide bonds. The number of methoxy groups -OCH3 is 1. The fourth-order valence-electron chi connectivity index (χ4n) is 5.43. The molecule has 0 saturated heterocycles. The lowest BCUT2D eigenvalue weighted by atomic mass is 9.92. The van der Waals surface area contributed by atoms with Gasteiger partial charge < -0.3 is 15.4 Å². The van der Waals surface area contributed by atoms with Crippen LogP contribution in [-0.4, -0.2) is 51.2 Å². The number of rotatable bonds is 10. The fraction of sp³-hybridized carbons (Fsp3) is 0.344. The predicted octanol–water partition coefficient (Wildman–Crippen LogP) is 7.86. The largest absolute Gasteiger partial charge is 0.481 e. The molecule has 1 aliphatic carbocycles. The summed E-state index contributed by atoms with van der Waals surface area (Å²) in [5.41, 5.74) is -1.71. The van der Waals surface area contributed by atoms with E-state index in [1.807, 2.05) is 18.2 Å². The lowest BCUT2D eigenvalue weighted by Gasteiger charge is -2.28. The number of nitriles is 1. The Kier molecular flexibility index (Phi) is 8.07. The molecule has 0 radical (unpaired) electrons. The first-order chi connectivity index (χ1) is 22.3. The molecule has 0 aliphatic heterocycles. The Hall–Kier alpha value is -4.77. The fourth-order valence-corrected chi connectivity index (χ4v) is 5.69. The van der Waals surface area contributed by atoms with Gasteiger partial charge in [-0.15, -0.1) is 5.10 Å². The third-order valence-corrected chi connectivity index (χ3v) is 8.86. The van der Waals surface area contributed by atoms with Crippen molar-refractivity contribution < 1.29 is 26.7 Å². The predicted molar refractivity (Wildman–Crippen MR) is 167 cm³/mol. The molecule has 0 bridgehead atoms. The van der Waals surface area contributed by atoms with Crippen molar-refractivity contribution in [1.29, 1.82) is 5.26 Å². The number of nitrogens with zero attached hydrogens (tertiary/aromatic N) is 6. The van der Waals surface area contributed by atoms with Crippen molar-refractivity contribution >= 4 is 44.7 Å². The van der Waals surface area contributed by atoms with Crippen LogP contribution in [0, 0.1) is 16.7 Å². The molecule has 0 spiro atoms. The molecule has 2 N–H and O–H groups in total. The zero-order valence-electron chi connectivity index (χ0n) is 25.3. The van der Waals surface area contributed by atoms with Gasteiger partial charge in [-0.05, 0) is 61.9 Å². The highest BCUT2D eigenvalue weighted by molar-refractivity contribution is 6.35. The SMILES string of the molecule is COc1nccc2c([C@H](Nc3cc(Cl)c4ncc(C#N)c(NCC(C)(C)C(F)(F)F)c4c3)c3cn(C4(C(F)F)CC4)nn3)cccc12. The minimum atomic E-state index is -4.51. The number of anilines is 2. The summed E-state index contributed by atoms with van der Waals surface area (Å²) < 4.78 is 75.7. The van der Waals surface area contributed by atoms with Crippen LogP contribution in [0.5, 0.6) is 5.88 Å². The molecule has 1 saturated carbocycles. The summed E-state index contributed by atoms with van der Waals surface area (Å²) in [5, 5.41) is 26.3. The highest BCUT2D eigenvalue weighted by atomic mass is 35.5. The summed E-state index contributed by atoms with van der Waals surface area (Å²) in [7, 11) is 1.50. The van der Waals surface area contributed by atoms with Crippen LogP contribution in [0.2, 0.25) is 5.02 Å². The molecule has 1 atom stereocenters. The minimum Gasteiger partial charge on any atom is -0.481 e. The van der Waals surface area contributed by atoms with Gasteiger partial charge in [0.15, 0.2) is 0 Å². The summed E-state index contributed by atoms with van der Waals surface area (Å²) in [5.74, 6) is 0.378. The zero-order chi connectivity index (χ0) is 33.7. The van der Waals surface area contributed by atoms with Crippen LogP contribution in [0.1, 0.15) is 49.6 Å². The maximum absolute atomic E-state index is 14.0. The quantitative estimate of drug-likeness (QED) is 0.144. The highest BCUT2D eigenvalue weighted by Crippen LogP contribution is 2.48. The molecule has 3 heterocycles. The molecule has 1 aliphatic rings. The number of aromatic nitrogens is 5. The number of alkyl halides is 5. The van der Waals surface area contributed by atoms with Gasteiger partial charge in [0, 0.05) is 35.4 Å². The van der Waals surface area contributed by atoms with Crippen molar-refractivity contribution in [2.24, 2.45) is 5.41 Å². The van der Waals surface area contributed by atoms with Gasteiger partial charge in [0.1, 0.15) is 17.3 Å². The normalized spacial score (nSPS) is 15.1. The summed E-state index contributed by atoms with van der Waals surface area (Å²) in [6, 6.07) is 11.6. The molecule has 9 nitrogen and oxygen atoms in total. The average molecular weight is 671 g/mol. The monoisotopic (exact) mass is 670 g/mol. The topological polar surface area (TPSA) is 114 Å². The van der Waals surface area contributed by atoms with E-state index in [0.717, 1.165) is 19.2 Å². The first-order valence-corrected chi connectivity index (χ1v) is 14.9. The molecule has 244 valence electrons. The van der Waals surface area contributed by atoms with Crippen molar-refractivity contribution in [3.8, 4) is 11.9 Å². The second-order valence-corrected chi connectivity index (χ2v) is 12.5. The van der Waals surface area contributed by atoms with Gasteiger partial charge in [-0.1, -0.05) is 28.9 Å². The summed E-state index contributed by atoms with van der Waals surface area (Å²) >= 11 is 6.68. The maximum atomic E-state index is 14.0. The molecule has 2 aromatic carbocycles. The van der Waals surface area contributed by atoms with Crippen LogP contribution in [0.25, 0.3) is 21.7 Å². The molecular weight excluding hydrogens is 643 g/mol. The molecule has 47 heavy (non-hydrogen) atoms. The third-order valence-electron chi connectivity index (χ3n) is 8.57. The molecule has 1 fully saturated rings. The Morgan fingerprint density at radius 1 is 1.11 bits per heavy atom. The first kappa shape index (κ1) is 32.2. The van der Waals surface area contributed by atoms with Gasteiger partial charge in [-0.2, -0.15) is 18.4 Å². The van der Waals surface area contributed by atoms with E-state index in [1.165, 1.54) is 24.2 Å². The van der Waals surface area contributed by atoms with Gasteiger partial charge in [-0.25, -0.2) is 18.4 Å². The highest BCUT2D eigenvalue weighted by Gasteiger charge is 2.54.